The lowest BCUT2D eigenvalue weighted by molar-refractivity contribution is 0.0640. The number of anilines is 1. The zero-order valence-corrected chi connectivity index (χ0v) is 23.4. The number of hydrogen-bond acceptors (Lipinski definition) is 8. The number of aromatic nitrogens is 3. The molecule has 0 spiro atoms. The molecular weight excluding hydrogens is 538 g/mol. The first-order chi connectivity index (χ1) is 18.6. The van der Waals surface area contributed by atoms with Gasteiger partial charge in [0.15, 0.2) is 0 Å². The van der Waals surface area contributed by atoms with Crippen LogP contribution in [0.15, 0.2) is 42.9 Å². The zero-order valence-electron chi connectivity index (χ0n) is 21.8. The van der Waals surface area contributed by atoms with E-state index in [1.165, 1.54) is 6.33 Å². The van der Waals surface area contributed by atoms with E-state index in [1.54, 1.807) is 35.4 Å². The van der Waals surface area contributed by atoms with Crippen LogP contribution in [0, 0.1) is 11.8 Å². The van der Waals surface area contributed by atoms with Crippen molar-refractivity contribution in [2.75, 3.05) is 51.3 Å². The number of benzene rings is 1. The Hall–Kier alpha value is -3.56. The summed E-state index contributed by atoms with van der Waals surface area (Å²) in [4.78, 5) is 30.1. The van der Waals surface area contributed by atoms with Crippen LogP contribution in [0.2, 0.25) is 5.02 Å². The average Bonchev–Trinajstić information content (AvgIpc) is 2.92. The van der Waals surface area contributed by atoms with Gasteiger partial charge in [-0.25, -0.2) is 28.1 Å². The van der Waals surface area contributed by atoms with E-state index in [9.17, 15) is 13.2 Å². The molecular formula is C27H30ClN7O3S. The molecule has 2 aromatic heterocycles. The Labute approximate surface area is 233 Å². The number of sulfonamides is 1. The first-order valence-corrected chi connectivity index (χ1v) is 14.7. The van der Waals surface area contributed by atoms with E-state index in [4.69, 9.17) is 17.3 Å². The number of nitrogens with one attached hydrogen (secondary N) is 1. The second-order valence-electron chi connectivity index (χ2n) is 9.11. The van der Waals surface area contributed by atoms with E-state index in [0.717, 1.165) is 17.5 Å². The molecule has 0 atom stereocenters. The molecule has 10 nitrogen and oxygen atoms in total. The Morgan fingerprint density at radius 3 is 2.51 bits per heavy atom. The SMILES string of the molecule is CCc1ncnc(-c2ccc(C(=O)N3CCN(CCNS(C)(=O)=O)CC3)c(Cl)c2)c1C#Cc1ccc(N)nc1. The zero-order chi connectivity index (χ0) is 28.0. The van der Waals surface area contributed by atoms with E-state index >= 15 is 0 Å². The number of hydrogen-bond donors (Lipinski definition) is 2. The summed E-state index contributed by atoms with van der Waals surface area (Å²) >= 11 is 6.62. The second-order valence-corrected chi connectivity index (χ2v) is 11.4. The van der Waals surface area contributed by atoms with Gasteiger partial charge >= 0.3 is 0 Å². The topological polar surface area (TPSA) is 134 Å². The molecule has 1 aliphatic rings. The number of pyridine rings is 1. The average molecular weight is 568 g/mol. The summed E-state index contributed by atoms with van der Waals surface area (Å²) in [5.74, 6) is 6.57. The fourth-order valence-electron chi connectivity index (χ4n) is 4.22. The molecule has 1 fully saturated rings. The van der Waals surface area contributed by atoms with Crippen molar-refractivity contribution in [2.24, 2.45) is 0 Å². The third-order valence-corrected chi connectivity index (χ3v) is 7.34. The van der Waals surface area contributed by atoms with Gasteiger partial charge in [-0.15, -0.1) is 0 Å². The van der Waals surface area contributed by atoms with Gasteiger partial charge < -0.3 is 10.6 Å². The Kier molecular flexibility index (Phi) is 9.14. The van der Waals surface area contributed by atoms with Crippen LogP contribution < -0.4 is 10.5 Å². The second kappa shape index (κ2) is 12.5. The quantitative estimate of drug-likeness (QED) is 0.414. The first kappa shape index (κ1) is 28.4. The highest BCUT2D eigenvalue weighted by Crippen LogP contribution is 2.28. The van der Waals surface area contributed by atoms with Crippen LogP contribution in [0.25, 0.3) is 11.3 Å². The van der Waals surface area contributed by atoms with Crippen molar-refractivity contribution in [1.82, 2.24) is 29.5 Å². The number of piperazine rings is 1. The number of carbonyl (C=O) groups excluding carboxylic acids is 1. The van der Waals surface area contributed by atoms with Gasteiger partial charge in [-0.05, 0) is 30.7 Å². The molecule has 3 N–H and O–H groups in total. The molecule has 1 saturated heterocycles. The monoisotopic (exact) mass is 567 g/mol. The number of halogens is 1. The summed E-state index contributed by atoms with van der Waals surface area (Å²) in [5.41, 5.74) is 9.66. The van der Waals surface area contributed by atoms with Crippen molar-refractivity contribution in [2.45, 2.75) is 13.3 Å². The molecule has 204 valence electrons. The normalized spacial score (nSPS) is 14.1. The number of rotatable bonds is 7. The fraction of sp³-hybridized carbons (Fsp3) is 0.333. The van der Waals surface area contributed by atoms with Crippen LogP contribution in [-0.2, 0) is 16.4 Å². The van der Waals surface area contributed by atoms with Crippen molar-refractivity contribution in [3.05, 3.63) is 70.3 Å². The molecule has 1 aromatic carbocycles. The molecule has 39 heavy (non-hydrogen) atoms. The third kappa shape index (κ3) is 7.52. The lowest BCUT2D eigenvalue weighted by atomic mass is 10.0. The van der Waals surface area contributed by atoms with Gasteiger partial charge in [-0.1, -0.05) is 36.4 Å². The Morgan fingerprint density at radius 1 is 1.10 bits per heavy atom. The Bertz CT molecular complexity index is 1510. The van der Waals surface area contributed by atoms with E-state index in [-0.39, 0.29) is 5.91 Å². The lowest BCUT2D eigenvalue weighted by Crippen LogP contribution is -2.50. The molecule has 1 aliphatic heterocycles. The number of amides is 1. The minimum absolute atomic E-state index is 0.145. The van der Waals surface area contributed by atoms with E-state index in [1.807, 2.05) is 13.0 Å². The van der Waals surface area contributed by atoms with Gasteiger partial charge in [0.25, 0.3) is 5.91 Å². The van der Waals surface area contributed by atoms with Gasteiger partial charge in [-0.3, -0.25) is 9.69 Å². The van der Waals surface area contributed by atoms with Crippen molar-refractivity contribution >= 4 is 33.3 Å². The standard InChI is InChI=1S/C27H30ClN7O3S/c1-3-24-22(7-4-19-5-9-25(29)30-17-19)26(32-18-31-24)20-6-8-21(23(28)16-20)27(36)35-14-12-34(13-15-35)11-10-33-39(2,37)38/h5-6,8-9,16-18,33H,3,10-15H2,1-2H3,(H2,29,30). The van der Waals surface area contributed by atoms with Gasteiger partial charge in [0, 0.05) is 56.6 Å². The van der Waals surface area contributed by atoms with Crippen LogP contribution in [0.1, 0.15) is 34.1 Å². The highest BCUT2D eigenvalue weighted by Gasteiger charge is 2.24. The largest absolute Gasteiger partial charge is 0.384 e. The first-order valence-electron chi connectivity index (χ1n) is 12.5. The smallest absolute Gasteiger partial charge is 0.255 e. The molecule has 1 amide bonds. The van der Waals surface area contributed by atoms with Crippen LogP contribution in [0.4, 0.5) is 5.82 Å². The summed E-state index contributed by atoms with van der Waals surface area (Å²) in [6.07, 6.45) is 4.92. The van der Waals surface area contributed by atoms with E-state index in [0.29, 0.717) is 78.9 Å². The van der Waals surface area contributed by atoms with E-state index in [2.05, 4.69) is 36.4 Å². The number of nitrogens with zero attached hydrogens (tertiary/aromatic N) is 5. The summed E-state index contributed by atoms with van der Waals surface area (Å²) in [6, 6.07) is 8.77. The highest BCUT2D eigenvalue weighted by molar-refractivity contribution is 7.88. The number of aryl methyl sites for hydroxylation is 1. The van der Waals surface area contributed by atoms with Gasteiger partial charge in [0.2, 0.25) is 10.0 Å². The molecule has 12 heteroatoms. The van der Waals surface area contributed by atoms with Gasteiger partial charge in [0.1, 0.15) is 12.1 Å². The minimum atomic E-state index is -3.22. The summed E-state index contributed by atoms with van der Waals surface area (Å²) in [7, 11) is -3.22. The highest BCUT2D eigenvalue weighted by atomic mass is 35.5. The number of nitrogens with two attached hydrogens (primary N) is 1. The molecule has 3 aromatic rings. The van der Waals surface area contributed by atoms with Gasteiger partial charge in [0.05, 0.1) is 33.8 Å². The van der Waals surface area contributed by atoms with Crippen LogP contribution in [-0.4, -0.2) is 84.6 Å². The van der Waals surface area contributed by atoms with Crippen LogP contribution in [0.5, 0.6) is 0 Å². The summed E-state index contributed by atoms with van der Waals surface area (Å²) < 4.78 is 25.0. The predicted molar refractivity (Wildman–Crippen MR) is 152 cm³/mol. The Morgan fingerprint density at radius 2 is 1.87 bits per heavy atom. The molecule has 0 bridgehead atoms. The molecule has 4 rings (SSSR count). The van der Waals surface area contributed by atoms with E-state index < -0.39 is 10.0 Å². The minimum Gasteiger partial charge on any atom is -0.384 e. The Balaban J connectivity index is 1.50. The molecule has 3 heterocycles. The van der Waals surface area contributed by atoms with Crippen LogP contribution >= 0.6 is 11.6 Å². The third-order valence-electron chi connectivity index (χ3n) is 6.30. The van der Waals surface area contributed by atoms with Gasteiger partial charge in [-0.2, -0.15) is 0 Å². The maximum atomic E-state index is 13.2. The lowest BCUT2D eigenvalue weighted by Gasteiger charge is -2.34. The maximum Gasteiger partial charge on any atom is 0.255 e. The molecule has 0 radical (unpaired) electrons. The van der Waals surface area contributed by atoms with Crippen molar-refractivity contribution in [3.63, 3.8) is 0 Å². The molecule has 0 saturated carbocycles. The van der Waals surface area contributed by atoms with Crippen molar-refractivity contribution in [3.8, 4) is 23.1 Å². The number of carbonyl (C=O) groups is 1. The number of nitrogen functional groups attached to an aromatic ring is 1. The molecule has 0 aliphatic carbocycles. The van der Waals surface area contributed by atoms with Crippen molar-refractivity contribution in [1.29, 1.82) is 0 Å². The predicted octanol–water partition coefficient (Wildman–Crippen LogP) is 2.04. The summed E-state index contributed by atoms with van der Waals surface area (Å²) in [6.45, 7) is 5.29. The van der Waals surface area contributed by atoms with Crippen LogP contribution in [0.3, 0.4) is 0 Å². The van der Waals surface area contributed by atoms with Crippen molar-refractivity contribution < 1.29 is 13.2 Å². The molecule has 0 unspecified atom stereocenters. The maximum absolute atomic E-state index is 13.2. The fourth-order valence-corrected chi connectivity index (χ4v) is 4.95. The summed E-state index contributed by atoms with van der Waals surface area (Å²) in [5, 5.41) is 0.329.